The van der Waals surface area contributed by atoms with Gasteiger partial charge in [-0.1, -0.05) is 0 Å². The lowest BCUT2D eigenvalue weighted by atomic mass is 9.80. The monoisotopic (exact) mass is 301 g/mol. The summed E-state index contributed by atoms with van der Waals surface area (Å²) in [6, 6.07) is 0. The number of ether oxygens (including phenoxy) is 3. The molecule has 5 heteroatoms. The molecule has 1 atom stereocenters. The maximum absolute atomic E-state index is 12.1. The lowest BCUT2D eigenvalue weighted by Crippen LogP contribution is -2.41. The van der Waals surface area contributed by atoms with Crippen LogP contribution in [0.5, 0.6) is 0 Å². The highest BCUT2D eigenvalue weighted by atomic mass is 16.7. The molecule has 0 aromatic carbocycles. The van der Waals surface area contributed by atoms with E-state index in [1.807, 2.05) is 27.7 Å². The minimum absolute atomic E-state index is 0.0797. The van der Waals surface area contributed by atoms with Gasteiger partial charge in [0.2, 0.25) is 0 Å². The van der Waals surface area contributed by atoms with E-state index in [2.05, 4.69) is 0 Å². The van der Waals surface area contributed by atoms with Gasteiger partial charge < -0.3 is 19.9 Å². The van der Waals surface area contributed by atoms with Crippen LogP contribution in [0, 0.1) is 5.41 Å². The first-order valence-corrected chi connectivity index (χ1v) is 7.90. The standard InChI is InChI=1S/C16H31NO4/c1-15(2,12-16(3,4)17)14(18)21-11-7-10-20-13-8-5-6-9-19-13/h13H,5-12,17H2,1-4H3. The van der Waals surface area contributed by atoms with Crippen LogP contribution in [0.25, 0.3) is 0 Å². The Balaban J connectivity index is 2.15. The summed E-state index contributed by atoms with van der Waals surface area (Å²) in [6.45, 7) is 9.29. The van der Waals surface area contributed by atoms with Crippen LogP contribution >= 0.6 is 0 Å². The Labute approximate surface area is 128 Å². The Kier molecular flexibility index (Phi) is 7.10. The van der Waals surface area contributed by atoms with Gasteiger partial charge in [-0.05, 0) is 53.4 Å². The molecule has 0 amide bonds. The van der Waals surface area contributed by atoms with Crippen molar-refractivity contribution in [2.45, 2.75) is 71.6 Å². The number of carbonyl (C=O) groups is 1. The Morgan fingerprint density at radius 2 is 1.95 bits per heavy atom. The molecule has 0 radical (unpaired) electrons. The fourth-order valence-corrected chi connectivity index (χ4v) is 2.69. The second-order valence-corrected chi connectivity index (χ2v) is 7.21. The average molecular weight is 301 g/mol. The van der Waals surface area contributed by atoms with Gasteiger partial charge in [-0.3, -0.25) is 4.79 Å². The summed E-state index contributed by atoms with van der Waals surface area (Å²) in [7, 11) is 0. The molecule has 1 fully saturated rings. The molecule has 0 aromatic rings. The van der Waals surface area contributed by atoms with Crippen LogP contribution in [-0.2, 0) is 19.0 Å². The first-order chi connectivity index (χ1) is 9.71. The van der Waals surface area contributed by atoms with E-state index >= 15 is 0 Å². The van der Waals surface area contributed by atoms with Gasteiger partial charge in [-0.15, -0.1) is 0 Å². The van der Waals surface area contributed by atoms with E-state index in [0.29, 0.717) is 26.1 Å². The van der Waals surface area contributed by atoms with E-state index in [9.17, 15) is 4.79 Å². The number of rotatable bonds is 8. The third kappa shape index (κ3) is 7.79. The third-order valence-corrected chi connectivity index (χ3v) is 3.41. The van der Waals surface area contributed by atoms with E-state index in [0.717, 1.165) is 25.9 Å². The van der Waals surface area contributed by atoms with Gasteiger partial charge in [0, 0.05) is 18.6 Å². The fraction of sp³-hybridized carbons (Fsp3) is 0.938. The zero-order valence-electron chi connectivity index (χ0n) is 13.9. The summed E-state index contributed by atoms with van der Waals surface area (Å²) in [6.07, 6.45) is 4.42. The van der Waals surface area contributed by atoms with Gasteiger partial charge >= 0.3 is 5.97 Å². The molecular formula is C16H31NO4. The predicted molar refractivity (Wildman–Crippen MR) is 81.8 cm³/mol. The van der Waals surface area contributed by atoms with Crippen LogP contribution in [0.1, 0.15) is 59.8 Å². The van der Waals surface area contributed by atoms with Crippen molar-refractivity contribution >= 4 is 5.97 Å². The molecule has 21 heavy (non-hydrogen) atoms. The van der Waals surface area contributed by atoms with E-state index in [-0.39, 0.29) is 17.8 Å². The summed E-state index contributed by atoms with van der Waals surface area (Å²) in [5.41, 5.74) is 5.03. The van der Waals surface area contributed by atoms with E-state index < -0.39 is 5.41 Å². The second kappa shape index (κ2) is 8.11. The Morgan fingerprint density at radius 1 is 1.24 bits per heavy atom. The predicted octanol–water partition coefficient (Wildman–Crippen LogP) is 2.62. The molecule has 0 aromatic heterocycles. The van der Waals surface area contributed by atoms with Crippen molar-refractivity contribution in [1.82, 2.24) is 0 Å². The number of carbonyl (C=O) groups excluding carboxylic acids is 1. The van der Waals surface area contributed by atoms with Crippen LogP contribution < -0.4 is 5.73 Å². The van der Waals surface area contributed by atoms with Gasteiger partial charge in [-0.2, -0.15) is 0 Å². The van der Waals surface area contributed by atoms with Crippen LogP contribution in [0.3, 0.4) is 0 Å². The minimum atomic E-state index is -0.564. The molecule has 1 unspecified atom stereocenters. The smallest absolute Gasteiger partial charge is 0.311 e. The SMILES string of the molecule is CC(C)(N)CC(C)(C)C(=O)OCCCOC1CCCCO1. The number of hydrogen-bond donors (Lipinski definition) is 1. The van der Waals surface area contributed by atoms with Crippen LogP contribution in [0.2, 0.25) is 0 Å². The number of hydrogen-bond acceptors (Lipinski definition) is 5. The normalized spacial score (nSPS) is 20.3. The molecule has 1 saturated heterocycles. The van der Waals surface area contributed by atoms with Gasteiger partial charge in [0.05, 0.1) is 18.6 Å². The number of nitrogens with two attached hydrogens (primary N) is 1. The first-order valence-electron chi connectivity index (χ1n) is 7.90. The van der Waals surface area contributed by atoms with E-state index in [1.165, 1.54) is 0 Å². The Bertz CT molecular complexity index is 317. The van der Waals surface area contributed by atoms with Gasteiger partial charge in [0.25, 0.3) is 0 Å². The van der Waals surface area contributed by atoms with Crippen molar-refractivity contribution in [3.05, 3.63) is 0 Å². The van der Waals surface area contributed by atoms with Crippen molar-refractivity contribution in [2.75, 3.05) is 19.8 Å². The summed E-state index contributed by atoms with van der Waals surface area (Å²) < 4.78 is 16.4. The van der Waals surface area contributed by atoms with Crippen LogP contribution in [-0.4, -0.2) is 37.6 Å². The minimum Gasteiger partial charge on any atom is -0.465 e. The molecule has 1 rings (SSSR count). The maximum atomic E-state index is 12.1. The summed E-state index contributed by atoms with van der Waals surface area (Å²) in [4.78, 5) is 12.1. The molecule has 2 N–H and O–H groups in total. The third-order valence-electron chi connectivity index (χ3n) is 3.41. The fourth-order valence-electron chi connectivity index (χ4n) is 2.69. The molecule has 0 spiro atoms. The van der Waals surface area contributed by atoms with Crippen molar-refractivity contribution in [3.63, 3.8) is 0 Å². The molecule has 1 aliphatic heterocycles. The quantitative estimate of drug-likeness (QED) is 0.551. The van der Waals surface area contributed by atoms with Crippen molar-refractivity contribution in [1.29, 1.82) is 0 Å². The van der Waals surface area contributed by atoms with Gasteiger partial charge in [0.15, 0.2) is 6.29 Å². The highest BCUT2D eigenvalue weighted by Gasteiger charge is 2.34. The maximum Gasteiger partial charge on any atom is 0.311 e. The molecular weight excluding hydrogens is 270 g/mol. The van der Waals surface area contributed by atoms with E-state index in [4.69, 9.17) is 19.9 Å². The topological polar surface area (TPSA) is 70.8 Å². The molecule has 1 heterocycles. The molecule has 124 valence electrons. The summed E-state index contributed by atoms with van der Waals surface area (Å²) >= 11 is 0. The summed E-state index contributed by atoms with van der Waals surface area (Å²) in [5, 5.41) is 0. The van der Waals surface area contributed by atoms with Crippen molar-refractivity contribution in [2.24, 2.45) is 11.1 Å². The van der Waals surface area contributed by atoms with Gasteiger partial charge in [-0.25, -0.2) is 0 Å². The lowest BCUT2D eigenvalue weighted by molar-refractivity contribution is -0.167. The Morgan fingerprint density at radius 3 is 2.52 bits per heavy atom. The second-order valence-electron chi connectivity index (χ2n) is 7.21. The Hall–Kier alpha value is -0.650. The first kappa shape index (κ1) is 18.4. The van der Waals surface area contributed by atoms with Gasteiger partial charge in [0.1, 0.15) is 0 Å². The van der Waals surface area contributed by atoms with Crippen molar-refractivity contribution in [3.8, 4) is 0 Å². The average Bonchev–Trinajstić information content (AvgIpc) is 2.36. The molecule has 5 nitrogen and oxygen atoms in total. The summed E-state index contributed by atoms with van der Waals surface area (Å²) in [5.74, 6) is -0.199. The molecule has 0 aliphatic carbocycles. The highest BCUT2D eigenvalue weighted by Crippen LogP contribution is 2.28. The molecule has 0 saturated carbocycles. The molecule has 0 bridgehead atoms. The largest absolute Gasteiger partial charge is 0.465 e. The van der Waals surface area contributed by atoms with E-state index in [1.54, 1.807) is 0 Å². The zero-order chi connectivity index (χ0) is 15.9. The highest BCUT2D eigenvalue weighted by molar-refractivity contribution is 5.76. The van der Waals surface area contributed by atoms with Crippen molar-refractivity contribution < 1.29 is 19.0 Å². The number of esters is 1. The van der Waals surface area contributed by atoms with Crippen LogP contribution in [0.15, 0.2) is 0 Å². The molecule has 1 aliphatic rings. The van der Waals surface area contributed by atoms with Crippen LogP contribution in [0.4, 0.5) is 0 Å². The lowest BCUT2D eigenvalue weighted by Gasteiger charge is -2.30. The zero-order valence-corrected chi connectivity index (χ0v) is 13.9.